The number of likely N-dealkylation sites (tertiary alicyclic amines) is 1. The zero-order valence-corrected chi connectivity index (χ0v) is 15.5. The SMILES string of the molecule is O=C(N1CC(O)CO1)C1(c2ccccc2)CCN(Cc2ccccc2)CC1. The van der Waals surface area contributed by atoms with Crippen molar-refractivity contribution in [3.8, 4) is 0 Å². The van der Waals surface area contributed by atoms with E-state index in [0.29, 0.717) is 0 Å². The van der Waals surface area contributed by atoms with Crippen LogP contribution in [0.1, 0.15) is 24.0 Å². The van der Waals surface area contributed by atoms with Crippen molar-refractivity contribution in [1.82, 2.24) is 9.96 Å². The standard InChI is InChI=1S/C22H26N2O3/c25-20-16-24(27-17-20)21(26)22(19-9-5-2-6-10-19)11-13-23(14-12-22)15-18-7-3-1-4-8-18/h1-10,20,25H,11-17H2. The van der Waals surface area contributed by atoms with Crippen LogP contribution in [0, 0.1) is 0 Å². The lowest BCUT2D eigenvalue weighted by molar-refractivity contribution is -0.177. The molecule has 5 nitrogen and oxygen atoms in total. The van der Waals surface area contributed by atoms with Gasteiger partial charge in [-0.25, -0.2) is 5.06 Å². The minimum atomic E-state index is -0.597. The lowest BCUT2D eigenvalue weighted by Gasteiger charge is -2.42. The number of hydroxylamine groups is 2. The van der Waals surface area contributed by atoms with Gasteiger partial charge in [-0.05, 0) is 37.1 Å². The maximum absolute atomic E-state index is 13.4. The van der Waals surface area contributed by atoms with Gasteiger partial charge in [-0.2, -0.15) is 0 Å². The summed E-state index contributed by atoms with van der Waals surface area (Å²) in [7, 11) is 0. The first-order chi connectivity index (χ1) is 13.2. The summed E-state index contributed by atoms with van der Waals surface area (Å²) in [5.74, 6) is -0.0235. The summed E-state index contributed by atoms with van der Waals surface area (Å²) >= 11 is 0. The summed E-state index contributed by atoms with van der Waals surface area (Å²) < 4.78 is 0. The number of rotatable bonds is 4. The predicted octanol–water partition coefficient (Wildman–Crippen LogP) is 2.36. The Hall–Kier alpha value is -2.21. The number of β-amino-alcohol motifs (C(OH)–C–C–N with tert-alkyl or cyclic N) is 1. The smallest absolute Gasteiger partial charge is 0.256 e. The molecule has 2 aliphatic rings. The number of hydrogen-bond acceptors (Lipinski definition) is 4. The number of aliphatic hydroxyl groups excluding tert-OH is 1. The zero-order valence-electron chi connectivity index (χ0n) is 15.5. The number of aliphatic hydroxyl groups is 1. The molecule has 2 aromatic rings. The van der Waals surface area contributed by atoms with Crippen molar-refractivity contribution in [3.05, 3.63) is 71.8 Å². The van der Waals surface area contributed by atoms with Gasteiger partial charge in [0.15, 0.2) is 0 Å². The first-order valence-electron chi connectivity index (χ1n) is 9.62. The molecular weight excluding hydrogens is 340 g/mol. The molecule has 1 N–H and O–H groups in total. The van der Waals surface area contributed by atoms with Gasteiger partial charge in [-0.1, -0.05) is 60.7 Å². The highest BCUT2D eigenvalue weighted by Crippen LogP contribution is 2.38. The van der Waals surface area contributed by atoms with Crippen LogP contribution >= 0.6 is 0 Å². The molecule has 1 atom stereocenters. The maximum atomic E-state index is 13.4. The van der Waals surface area contributed by atoms with Gasteiger partial charge in [-0.15, -0.1) is 0 Å². The van der Waals surface area contributed by atoms with Gasteiger partial charge >= 0.3 is 0 Å². The van der Waals surface area contributed by atoms with E-state index in [2.05, 4.69) is 29.2 Å². The number of amides is 1. The average molecular weight is 366 g/mol. The molecule has 0 spiro atoms. The second-order valence-electron chi connectivity index (χ2n) is 7.53. The molecule has 4 rings (SSSR count). The second-order valence-corrected chi connectivity index (χ2v) is 7.53. The van der Waals surface area contributed by atoms with Gasteiger partial charge in [-0.3, -0.25) is 14.5 Å². The van der Waals surface area contributed by atoms with Crippen molar-refractivity contribution in [2.24, 2.45) is 0 Å². The summed E-state index contributed by atoms with van der Waals surface area (Å²) in [6, 6.07) is 20.5. The predicted molar refractivity (Wildman–Crippen MR) is 103 cm³/mol. The highest BCUT2D eigenvalue weighted by Gasteiger charge is 2.47. The fraction of sp³-hybridized carbons (Fsp3) is 0.409. The van der Waals surface area contributed by atoms with Crippen LogP contribution in [-0.2, 0) is 21.6 Å². The Labute approximate surface area is 160 Å². The molecule has 142 valence electrons. The van der Waals surface area contributed by atoms with Crippen molar-refractivity contribution < 1.29 is 14.7 Å². The molecule has 0 bridgehead atoms. The van der Waals surface area contributed by atoms with Crippen LogP contribution in [-0.4, -0.2) is 53.3 Å². The highest BCUT2D eigenvalue weighted by molar-refractivity contribution is 5.88. The Balaban J connectivity index is 1.53. The summed E-state index contributed by atoms with van der Waals surface area (Å²) in [4.78, 5) is 21.3. The minimum Gasteiger partial charge on any atom is -0.389 e. The summed E-state index contributed by atoms with van der Waals surface area (Å²) in [6.45, 7) is 3.05. The van der Waals surface area contributed by atoms with E-state index in [1.807, 2.05) is 36.4 Å². The molecule has 2 heterocycles. The van der Waals surface area contributed by atoms with Gasteiger partial charge in [0.25, 0.3) is 5.91 Å². The molecule has 0 aromatic heterocycles. The third-order valence-corrected chi connectivity index (χ3v) is 5.72. The molecule has 27 heavy (non-hydrogen) atoms. The van der Waals surface area contributed by atoms with E-state index in [-0.39, 0.29) is 19.1 Å². The van der Waals surface area contributed by atoms with Crippen molar-refractivity contribution in [3.63, 3.8) is 0 Å². The Kier molecular flexibility index (Phi) is 5.25. The lowest BCUT2D eigenvalue weighted by atomic mass is 9.71. The van der Waals surface area contributed by atoms with E-state index in [1.165, 1.54) is 10.6 Å². The third-order valence-electron chi connectivity index (χ3n) is 5.72. The Morgan fingerprint density at radius 2 is 1.67 bits per heavy atom. The largest absolute Gasteiger partial charge is 0.389 e. The van der Waals surface area contributed by atoms with E-state index in [9.17, 15) is 9.90 Å². The first-order valence-corrected chi connectivity index (χ1v) is 9.62. The molecule has 5 heteroatoms. The van der Waals surface area contributed by atoms with E-state index in [0.717, 1.165) is 38.0 Å². The van der Waals surface area contributed by atoms with Crippen molar-refractivity contribution in [1.29, 1.82) is 0 Å². The Bertz CT molecular complexity index is 758. The molecule has 2 aromatic carbocycles. The molecular formula is C22H26N2O3. The van der Waals surface area contributed by atoms with Crippen LogP contribution in [0.3, 0.4) is 0 Å². The van der Waals surface area contributed by atoms with Crippen LogP contribution in [0.2, 0.25) is 0 Å². The number of benzene rings is 2. The van der Waals surface area contributed by atoms with E-state index in [4.69, 9.17) is 4.84 Å². The Morgan fingerprint density at radius 3 is 2.26 bits per heavy atom. The fourth-order valence-corrected chi connectivity index (χ4v) is 4.17. The van der Waals surface area contributed by atoms with Crippen LogP contribution in [0.25, 0.3) is 0 Å². The number of piperidine rings is 1. The maximum Gasteiger partial charge on any atom is 0.256 e. The molecule has 1 unspecified atom stereocenters. The van der Waals surface area contributed by atoms with Gasteiger partial charge in [0, 0.05) is 6.54 Å². The summed E-state index contributed by atoms with van der Waals surface area (Å²) in [5.41, 5.74) is 1.75. The molecule has 0 saturated carbocycles. The first kappa shape index (κ1) is 18.2. The zero-order chi connectivity index (χ0) is 18.7. The average Bonchev–Trinajstić information content (AvgIpc) is 3.16. The topological polar surface area (TPSA) is 53.0 Å². The lowest BCUT2D eigenvalue weighted by Crippen LogP contribution is -2.52. The van der Waals surface area contributed by atoms with Crippen LogP contribution < -0.4 is 0 Å². The molecule has 2 saturated heterocycles. The van der Waals surface area contributed by atoms with Crippen molar-refractivity contribution in [2.75, 3.05) is 26.2 Å². The molecule has 0 radical (unpaired) electrons. The molecule has 2 fully saturated rings. The van der Waals surface area contributed by atoms with Gasteiger partial charge in [0.2, 0.25) is 0 Å². The fourth-order valence-electron chi connectivity index (χ4n) is 4.17. The van der Waals surface area contributed by atoms with Gasteiger partial charge in [0.05, 0.1) is 18.1 Å². The quantitative estimate of drug-likeness (QED) is 0.903. The molecule has 1 amide bonds. The Morgan fingerprint density at radius 1 is 1.04 bits per heavy atom. The summed E-state index contributed by atoms with van der Waals surface area (Å²) in [6.07, 6.45) is 0.900. The second kappa shape index (κ2) is 7.80. The third kappa shape index (κ3) is 3.76. The van der Waals surface area contributed by atoms with Crippen LogP contribution in [0.15, 0.2) is 60.7 Å². The van der Waals surface area contributed by atoms with E-state index < -0.39 is 11.5 Å². The van der Waals surface area contributed by atoms with Gasteiger partial charge in [0.1, 0.15) is 6.61 Å². The normalized spacial score (nSPS) is 22.7. The minimum absolute atomic E-state index is 0.0235. The van der Waals surface area contributed by atoms with Crippen LogP contribution in [0.5, 0.6) is 0 Å². The number of carbonyl (C=O) groups is 1. The van der Waals surface area contributed by atoms with E-state index >= 15 is 0 Å². The number of hydrogen-bond donors (Lipinski definition) is 1. The molecule has 2 aliphatic heterocycles. The number of carbonyl (C=O) groups excluding carboxylic acids is 1. The van der Waals surface area contributed by atoms with Crippen molar-refractivity contribution in [2.45, 2.75) is 30.9 Å². The number of nitrogens with zero attached hydrogens (tertiary/aromatic N) is 2. The molecule has 0 aliphatic carbocycles. The van der Waals surface area contributed by atoms with Crippen LogP contribution in [0.4, 0.5) is 0 Å². The highest BCUT2D eigenvalue weighted by atomic mass is 16.7. The van der Waals surface area contributed by atoms with Gasteiger partial charge < -0.3 is 5.11 Å². The monoisotopic (exact) mass is 366 g/mol. The van der Waals surface area contributed by atoms with E-state index in [1.54, 1.807) is 0 Å². The van der Waals surface area contributed by atoms with Crippen molar-refractivity contribution >= 4 is 5.91 Å². The summed E-state index contributed by atoms with van der Waals surface area (Å²) in [5, 5.41) is 11.2.